The summed E-state index contributed by atoms with van der Waals surface area (Å²) in [5.41, 5.74) is 4.31. The molecule has 8 heteroatoms. The van der Waals surface area contributed by atoms with E-state index in [9.17, 15) is 4.79 Å². The highest BCUT2D eigenvalue weighted by molar-refractivity contribution is 14.0. The second-order valence-corrected chi connectivity index (χ2v) is 8.13. The van der Waals surface area contributed by atoms with Crippen LogP contribution in [0.15, 0.2) is 35.3 Å². The van der Waals surface area contributed by atoms with Gasteiger partial charge in [0.2, 0.25) is 5.91 Å². The van der Waals surface area contributed by atoms with Crippen molar-refractivity contribution in [1.29, 1.82) is 0 Å². The standard InChI is InChI=1S/C24H36N6O.HI/c1-5-21(29-15-9-12-23(29)31)13-14-26-24(25-6-2)27-17-20-10-7-8-11-22(20)30-19(4)16-18(3)28-30;/h7-8,10-11,16,21H,5-6,9,12-15,17H2,1-4H3,(H2,25,26,27);1H. The molecule has 1 aromatic heterocycles. The molecule has 1 saturated heterocycles. The highest BCUT2D eigenvalue weighted by atomic mass is 127. The van der Waals surface area contributed by atoms with Crippen LogP contribution in [0.5, 0.6) is 0 Å². The summed E-state index contributed by atoms with van der Waals surface area (Å²) < 4.78 is 1.99. The number of para-hydroxylation sites is 1. The van der Waals surface area contributed by atoms with Gasteiger partial charge in [-0.2, -0.15) is 5.10 Å². The van der Waals surface area contributed by atoms with Gasteiger partial charge < -0.3 is 15.5 Å². The second-order valence-electron chi connectivity index (χ2n) is 8.13. The topological polar surface area (TPSA) is 74.6 Å². The second kappa shape index (κ2) is 12.8. The van der Waals surface area contributed by atoms with Crippen LogP contribution in [0.4, 0.5) is 0 Å². The number of hydrogen-bond donors (Lipinski definition) is 2. The molecule has 176 valence electrons. The number of aromatic nitrogens is 2. The van der Waals surface area contributed by atoms with Gasteiger partial charge in [0, 0.05) is 37.8 Å². The summed E-state index contributed by atoms with van der Waals surface area (Å²) in [5.74, 6) is 1.10. The molecule has 1 aliphatic rings. The average Bonchev–Trinajstić information content (AvgIpc) is 3.33. The summed E-state index contributed by atoms with van der Waals surface area (Å²) in [6.07, 6.45) is 3.59. The van der Waals surface area contributed by atoms with Crippen LogP contribution < -0.4 is 10.6 Å². The summed E-state index contributed by atoms with van der Waals surface area (Å²) in [5, 5.41) is 11.4. The molecule has 0 spiro atoms. The maximum absolute atomic E-state index is 12.1. The van der Waals surface area contributed by atoms with E-state index in [1.807, 2.05) is 23.7 Å². The first-order chi connectivity index (χ1) is 15.0. The first-order valence-corrected chi connectivity index (χ1v) is 11.5. The molecule has 1 atom stereocenters. The molecule has 7 nitrogen and oxygen atoms in total. The molecule has 2 heterocycles. The van der Waals surface area contributed by atoms with E-state index in [2.05, 4.69) is 59.6 Å². The van der Waals surface area contributed by atoms with Crippen LogP contribution in [0.1, 0.15) is 56.5 Å². The SMILES string of the molecule is CCNC(=NCc1ccccc1-n1nc(C)cc1C)NCCC(CC)N1CCCC1=O.I. The Kier molecular flexibility index (Phi) is 10.5. The number of nitrogens with one attached hydrogen (secondary N) is 2. The Hall–Kier alpha value is -2.10. The number of guanidine groups is 1. The van der Waals surface area contributed by atoms with Gasteiger partial charge in [0.1, 0.15) is 0 Å². The van der Waals surface area contributed by atoms with Crippen molar-refractivity contribution in [2.45, 2.75) is 66.0 Å². The fraction of sp³-hybridized carbons (Fsp3) is 0.542. The number of benzene rings is 1. The molecule has 1 fully saturated rings. The lowest BCUT2D eigenvalue weighted by Crippen LogP contribution is -2.42. The molecule has 32 heavy (non-hydrogen) atoms. The number of rotatable bonds is 9. The van der Waals surface area contributed by atoms with E-state index in [0.29, 0.717) is 24.9 Å². The lowest BCUT2D eigenvalue weighted by Gasteiger charge is -2.27. The molecule has 3 rings (SSSR count). The minimum atomic E-state index is 0. The number of likely N-dealkylation sites (tertiary alicyclic amines) is 1. The molecule has 1 unspecified atom stereocenters. The first kappa shape index (κ1) is 26.2. The Morgan fingerprint density at radius 3 is 2.62 bits per heavy atom. The highest BCUT2D eigenvalue weighted by Gasteiger charge is 2.26. The minimum Gasteiger partial charge on any atom is -0.357 e. The number of amides is 1. The van der Waals surface area contributed by atoms with E-state index in [1.165, 1.54) is 0 Å². The van der Waals surface area contributed by atoms with Gasteiger partial charge in [0.25, 0.3) is 0 Å². The molecule has 1 aromatic carbocycles. The molecular formula is C24H37IN6O. The summed E-state index contributed by atoms with van der Waals surface area (Å²) in [6, 6.07) is 10.7. The quantitative estimate of drug-likeness (QED) is 0.281. The molecule has 1 amide bonds. The summed E-state index contributed by atoms with van der Waals surface area (Å²) >= 11 is 0. The van der Waals surface area contributed by atoms with Crippen LogP contribution in [-0.2, 0) is 11.3 Å². The van der Waals surface area contributed by atoms with Gasteiger partial charge in [-0.1, -0.05) is 25.1 Å². The molecule has 2 N–H and O–H groups in total. The van der Waals surface area contributed by atoms with E-state index in [0.717, 1.165) is 67.5 Å². The Morgan fingerprint density at radius 2 is 2.00 bits per heavy atom. The molecule has 0 saturated carbocycles. The number of aryl methyl sites for hydroxylation is 2. The van der Waals surface area contributed by atoms with Gasteiger partial charge in [0.15, 0.2) is 5.96 Å². The third-order valence-electron chi connectivity index (χ3n) is 5.77. The molecule has 0 bridgehead atoms. The van der Waals surface area contributed by atoms with Crippen molar-refractivity contribution in [3.05, 3.63) is 47.3 Å². The van der Waals surface area contributed by atoms with Crippen LogP contribution in [0.25, 0.3) is 5.69 Å². The van der Waals surface area contributed by atoms with Gasteiger partial charge in [-0.3, -0.25) is 4.79 Å². The largest absolute Gasteiger partial charge is 0.357 e. The Labute approximate surface area is 209 Å². The summed E-state index contributed by atoms with van der Waals surface area (Å²) in [6.45, 7) is 11.3. The van der Waals surface area contributed by atoms with Crippen LogP contribution >= 0.6 is 24.0 Å². The Morgan fingerprint density at radius 1 is 1.22 bits per heavy atom. The van der Waals surface area contributed by atoms with Gasteiger partial charge >= 0.3 is 0 Å². The van der Waals surface area contributed by atoms with Gasteiger partial charge in [-0.25, -0.2) is 9.67 Å². The molecule has 2 aromatic rings. The molecular weight excluding hydrogens is 515 g/mol. The normalized spacial score (nSPS) is 14.9. The lowest BCUT2D eigenvalue weighted by molar-refractivity contribution is -0.129. The Balaban J connectivity index is 0.00000363. The number of nitrogens with zero attached hydrogens (tertiary/aromatic N) is 4. The summed E-state index contributed by atoms with van der Waals surface area (Å²) in [7, 11) is 0. The van der Waals surface area contributed by atoms with E-state index in [-0.39, 0.29) is 24.0 Å². The van der Waals surface area contributed by atoms with Gasteiger partial charge in [-0.15, -0.1) is 24.0 Å². The van der Waals surface area contributed by atoms with Crippen molar-refractivity contribution in [3.8, 4) is 5.69 Å². The van der Waals surface area contributed by atoms with Crippen molar-refractivity contribution >= 4 is 35.8 Å². The maximum Gasteiger partial charge on any atom is 0.222 e. The van der Waals surface area contributed by atoms with E-state index >= 15 is 0 Å². The van der Waals surface area contributed by atoms with Crippen LogP contribution in [0, 0.1) is 13.8 Å². The number of carbonyl (C=O) groups is 1. The predicted octanol–water partition coefficient (Wildman–Crippen LogP) is 3.95. The van der Waals surface area contributed by atoms with Crippen molar-refractivity contribution in [3.63, 3.8) is 0 Å². The summed E-state index contributed by atoms with van der Waals surface area (Å²) in [4.78, 5) is 18.9. The smallest absolute Gasteiger partial charge is 0.222 e. The van der Waals surface area contributed by atoms with Crippen LogP contribution in [0.3, 0.4) is 0 Å². The third-order valence-corrected chi connectivity index (χ3v) is 5.77. The minimum absolute atomic E-state index is 0. The predicted molar refractivity (Wildman–Crippen MR) is 141 cm³/mol. The van der Waals surface area contributed by atoms with Crippen LogP contribution in [-0.4, -0.2) is 52.2 Å². The highest BCUT2D eigenvalue weighted by Crippen LogP contribution is 2.19. The third kappa shape index (κ3) is 6.70. The fourth-order valence-corrected chi connectivity index (χ4v) is 4.22. The molecule has 1 aliphatic heterocycles. The van der Waals surface area contributed by atoms with Crippen molar-refractivity contribution in [1.82, 2.24) is 25.3 Å². The zero-order chi connectivity index (χ0) is 22.2. The van der Waals surface area contributed by atoms with Gasteiger partial charge in [-0.05, 0) is 57.7 Å². The van der Waals surface area contributed by atoms with E-state index in [1.54, 1.807) is 0 Å². The van der Waals surface area contributed by atoms with E-state index < -0.39 is 0 Å². The number of hydrogen-bond acceptors (Lipinski definition) is 3. The fourth-order valence-electron chi connectivity index (χ4n) is 4.22. The molecule has 0 aliphatic carbocycles. The van der Waals surface area contributed by atoms with Crippen molar-refractivity contribution in [2.75, 3.05) is 19.6 Å². The number of carbonyl (C=O) groups excluding carboxylic acids is 1. The number of halogens is 1. The monoisotopic (exact) mass is 552 g/mol. The van der Waals surface area contributed by atoms with Crippen molar-refractivity contribution in [2.24, 2.45) is 4.99 Å². The average molecular weight is 553 g/mol. The number of aliphatic imine (C=N–C) groups is 1. The Bertz CT molecular complexity index is 910. The van der Waals surface area contributed by atoms with E-state index in [4.69, 9.17) is 4.99 Å². The van der Waals surface area contributed by atoms with Crippen LogP contribution in [0.2, 0.25) is 0 Å². The van der Waals surface area contributed by atoms with Crippen molar-refractivity contribution < 1.29 is 4.79 Å². The lowest BCUT2D eigenvalue weighted by atomic mass is 10.1. The zero-order valence-corrected chi connectivity index (χ0v) is 22.1. The molecule has 0 radical (unpaired) electrons. The zero-order valence-electron chi connectivity index (χ0n) is 19.7. The maximum atomic E-state index is 12.1. The first-order valence-electron chi connectivity index (χ1n) is 11.5. The van der Waals surface area contributed by atoms with Gasteiger partial charge in [0.05, 0.1) is 17.9 Å².